The molecule has 1 unspecified atom stereocenters. The number of rotatable bonds is 9. The highest BCUT2D eigenvalue weighted by atomic mass is 16.5. The molecule has 19 heavy (non-hydrogen) atoms. The summed E-state index contributed by atoms with van der Waals surface area (Å²) in [5, 5.41) is 7.49. The van der Waals surface area contributed by atoms with Gasteiger partial charge in [0.25, 0.3) is 0 Å². The van der Waals surface area contributed by atoms with Crippen LogP contribution in [0.5, 0.6) is 0 Å². The van der Waals surface area contributed by atoms with Gasteiger partial charge < -0.3 is 14.6 Å². The zero-order chi connectivity index (χ0) is 14.3. The molecule has 0 aromatic carbocycles. The van der Waals surface area contributed by atoms with Crippen LogP contribution in [-0.4, -0.2) is 29.3 Å². The Morgan fingerprint density at radius 3 is 2.63 bits per heavy atom. The van der Waals surface area contributed by atoms with Gasteiger partial charge in [-0.1, -0.05) is 25.4 Å². The normalized spacial score (nSPS) is 13.7. The van der Waals surface area contributed by atoms with E-state index in [0.29, 0.717) is 24.4 Å². The van der Waals surface area contributed by atoms with E-state index in [-0.39, 0.29) is 0 Å². The summed E-state index contributed by atoms with van der Waals surface area (Å²) in [5.41, 5.74) is -0.491. The molecule has 5 nitrogen and oxygen atoms in total. The molecule has 1 atom stereocenters. The number of ether oxygens (including phenoxy) is 1. The molecule has 1 aromatic rings. The van der Waals surface area contributed by atoms with Crippen molar-refractivity contribution in [2.75, 3.05) is 13.2 Å². The van der Waals surface area contributed by atoms with Gasteiger partial charge in [0, 0.05) is 19.1 Å². The fourth-order valence-corrected chi connectivity index (χ4v) is 2.13. The predicted molar refractivity (Wildman–Crippen MR) is 75.0 cm³/mol. The van der Waals surface area contributed by atoms with Gasteiger partial charge in [0.05, 0.1) is 0 Å². The van der Waals surface area contributed by atoms with E-state index in [0.717, 1.165) is 25.8 Å². The fourth-order valence-electron chi connectivity index (χ4n) is 2.13. The zero-order valence-electron chi connectivity index (χ0n) is 12.8. The Labute approximate surface area is 116 Å². The first kappa shape index (κ1) is 16.1. The Balaban J connectivity index is 2.67. The van der Waals surface area contributed by atoms with Gasteiger partial charge >= 0.3 is 0 Å². The van der Waals surface area contributed by atoms with E-state index in [1.54, 1.807) is 0 Å². The third-order valence-corrected chi connectivity index (χ3v) is 3.06. The highest BCUT2D eigenvalue weighted by Crippen LogP contribution is 2.21. The second-order valence-electron chi connectivity index (χ2n) is 5.20. The molecule has 1 aromatic heterocycles. The van der Waals surface area contributed by atoms with Crippen LogP contribution in [0.1, 0.15) is 59.2 Å². The molecule has 0 amide bonds. The maximum absolute atomic E-state index is 5.63. The van der Waals surface area contributed by atoms with E-state index < -0.39 is 5.60 Å². The number of nitrogens with one attached hydrogen (secondary N) is 1. The van der Waals surface area contributed by atoms with E-state index in [9.17, 15) is 0 Å². The smallest absolute Gasteiger partial charge is 0.228 e. The van der Waals surface area contributed by atoms with Crippen molar-refractivity contribution in [1.29, 1.82) is 0 Å². The molecular formula is C14H27N3O2. The molecule has 0 spiro atoms. The summed E-state index contributed by atoms with van der Waals surface area (Å²) in [5.74, 6) is 1.30. The monoisotopic (exact) mass is 269 g/mol. The van der Waals surface area contributed by atoms with E-state index >= 15 is 0 Å². The lowest BCUT2D eigenvalue weighted by atomic mass is 10.1. The van der Waals surface area contributed by atoms with Gasteiger partial charge in [0.15, 0.2) is 0 Å². The molecule has 110 valence electrons. The second kappa shape index (κ2) is 7.60. The summed E-state index contributed by atoms with van der Waals surface area (Å²) in [7, 11) is 0. The van der Waals surface area contributed by atoms with Crippen molar-refractivity contribution in [3.63, 3.8) is 0 Å². The molecule has 0 aliphatic carbocycles. The Kier molecular flexibility index (Phi) is 6.45. The molecule has 5 heteroatoms. The number of nitrogens with zero attached hydrogens (tertiary/aromatic N) is 2. The van der Waals surface area contributed by atoms with E-state index in [2.05, 4.69) is 29.3 Å². The minimum atomic E-state index is -0.491. The Hall–Kier alpha value is -0.940. The lowest BCUT2D eigenvalue weighted by Crippen LogP contribution is -2.31. The van der Waals surface area contributed by atoms with Crippen molar-refractivity contribution in [3.05, 3.63) is 11.7 Å². The summed E-state index contributed by atoms with van der Waals surface area (Å²) in [6, 6.07) is 0.401. The fraction of sp³-hybridized carbons (Fsp3) is 0.857. The van der Waals surface area contributed by atoms with E-state index in [4.69, 9.17) is 9.26 Å². The molecule has 1 heterocycles. The molecule has 0 aliphatic heterocycles. The Bertz CT molecular complexity index is 357. The standard InChI is InChI=1S/C14H27N3O2/c1-6-9-11(15-7-2)10-12-16-13(17-19-12)14(4,5)18-8-3/h11,15H,6-10H2,1-5H3. The highest BCUT2D eigenvalue weighted by Gasteiger charge is 2.27. The van der Waals surface area contributed by atoms with Gasteiger partial charge in [-0.15, -0.1) is 0 Å². The van der Waals surface area contributed by atoms with Crippen LogP contribution in [0.4, 0.5) is 0 Å². The zero-order valence-corrected chi connectivity index (χ0v) is 12.8. The molecule has 0 radical (unpaired) electrons. The Morgan fingerprint density at radius 2 is 2.05 bits per heavy atom. The molecular weight excluding hydrogens is 242 g/mol. The number of aromatic nitrogens is 2. The quantitative estimate of drug-likeness (QED) is 0.747. The van der Waals surface area contributed by atoms with Gasteiger partial charge in [0.1, 0.15) is 5.60 Å². The van der Waals surface area contributed by atoms with Gasteiger partial charge in [0.2, 0.25) is 11.7 Å². The number of hydrogen-bond donors (Lipinski definition) is 1. The van der Waals surface area contributed by atoms with Crippen molar-refractivity contribution < 1.29 is 9.26 Å². The summed E-state index contributed by atoms with van der Waals surface area (Å²) in [6.45, 7) is 11.8. The van der Waals surface area contributed by atoms with Crippen LogP contribution in [0, 0.1) is 0 Å². The van der Waals surface area contributed by atoms with Crippen LogP contribution < -0.4 is 5.32 Å². The van der Waals surface area contributed by atoms with Gasteiger partial charge in [-0.25, -0.2) is 0 Å². The van der Waals surface area contributed by atoms with Crippen molar-refractivity contribution in [2.24, 2.45) is 0 Å². The molecule has 0 bridgehead atoms. The van der Waals surface area contributed by atoms with Gasteiger partial charge in [-0.2, -0.15) is 4.98 Å². The van der Waals surface area contributed by atoms with Crippen LogP contribution in [0.25, 0.3) is 0 Å². The number of likely N-dealkylation sites (N-methyl/N-ethyl adjacent to an activating group) is 1. The van der Waals surface area contributed by atoms with Crippen molar-refractivity contribution in [2.45, 2.75) is 65.5 Å². The Morgan fingerprint density at radius 1 is 1.32 bits per heavy atom. The van der Waals surface area contributed by atoms with Crippen LogP contribution in [-0.2, 0) is 16.8 Å². The third kappa shape index (κ3) is 4.91. The molecule has 0 saturated heterocycles. The van der Waals surface area contributed by atoms with Crippen molar-refractivity contribution >= 4 is 0 Å². The van der Waals surface area contributed by atoms with Gasteiger partial charge in [-0.3, -0.25) is 0 Å². The van der Waals surface area contributed by atoms with Gasteiger partial charge in [-0.05, 0) is 33.7 Å². The van der Waals surface area contributed by atoms with Crippen LogP contribution >= 0.6 is 0 Å². The lowest BCUT2D eigenvalue weighted by molar-refractivity contribution is -0.0221. The van der Waals surface area contributed by atoms with Crippen LogP contribution in [0.2, 0.25) is 0 Å². The highest BCUT2D eigenvalue weighted by molar-refractivity contribution is 4.98. The maximum atomic E-state index is 5.63. The molecule has 0 saturated carbocycles. The first-order valence-electron chi connectivity index (χ1n) is 7.23. The molecule has 1 rings (SSSR count). The van der Waals surface area contributed by atoms with Crippen LogP contribution in [0.3, 0.4) is 0 Å². The lowest BCUT2D eigenvalue weighted by Gasteiger charge is -2.19. The summed E-state index contributed by atoms with van der Waals surface area (Å²) >= 11 is 0. The average molecular weight is 269 g/mol. The SMILES string of the molecule is CCCC(Cc1nc(C(C)(C)OCC)no1)NCC. The topological polar surface area (TPSA) is 60.2 Å². The minimum absolute atomic E-state index is 0.401. The van der Waals surface area contributed by atoms with Crippen molar-refractivity contribution in [1.82, 2.24) is 15.5 Å². The number of hydrogen-bond acceptors (Lipinski definition) is 5. The van der Waals surface area contributed by atoms with Crippen LogP contribution in [0.15, 0.2) is 4.52 Å². The summed E-state index contributed by atoms with van der Waals surface area (Å²) in [4.78, 5) is 4.46. The average Bonchev–Trinajstić information content (AvgIpc) is 2.79. The maximum Gasteiger partial charge on any atom is 0.228 e. The molecule has 1 N–H and O–H groups in total. The largest absolute Gasteiger partial charge is 0.368 e. The van der Waals surface area contributed by atoms with E-state index in [1.807, 2.05) is 20.8 Å². The molecule has 0 fully saturated rings. The first-order chi connectivity index (χ1) is 9.03. The minimum Gasteiger partial charge on any atom is -0.368 e. The molecule has 0 aliphatic rings. The van der Waals surface area contributed by atoms with E-state index in [1.165, 1.54) is 0 Å². The second-order valence-corrected chi connectivity index (χ2v) is 5.20. The summed E-state index contributed by atoms with van der Waals surface area (Å²) < 4.78 is 11.0. The van der Waals surface area contributed by atoms with Crippen molar-refractivity contribution in [3.8, 4) is 0 Å². The first-order valence-corrected chi connectivity index (χ1v) is 7.23. The summed E-state index contributed by atoms with van der Waals surface area (Å²) in [6.07, 6.45) is 3.03. The third-order valence-electron chi connectivity index (χ3n) is 3.06. The predicted octanol–water partition coefficient (Wildman–Crippen LogP) is 2.66.